The molecule has 1 aromatic carbocycles. The quantitative estimate of drug-likeness (QED) is 0.464. The summed E-state index contributed by atoms with van der Waals surface area (Å²) in [6.45, 7) is 4.14. The maximum Gasteiger partial charge on any atom is 0.237 e. The Labute approximate surface area is 199 Å². The number of ether oxygens (including phenoxy) is 1. The van der Waals surface area contributed by atoms with Crippen LogP contribution in [-0.2, 0) is 16.0 Å². The number of carbonyl (C=O) groups excluding carboxylic acids is 1. The highest BCUT2D eigenvalue weighted by Gasteiger charge is 2.55. The average molecular weight is 467 g/mol. The van der Waals surface area contributed by atoms with Gasteiger partial charge in [0.2, 0.25) is 5.91 Å². The van der Waals surface area contributed by atoms with E-state index in [1.165, 1.54) is 11.1 Å². The second-order valence-electron chi connectivity index (χ2n) is 9.87. The minimum absolute atomic E-state index is 0.0520. The zero-order valence-electron chi connectivity index (χ0n) is 19.8. The van der Waals surface area contributed by atoms with Crippen molar-refractivity contribution in [3.8, 4) is 6.07 Å². The Bertz CT molecular complexity index is 1100. The zero-order chi connectivity index (χ0) is 24.6. The number of rotatable bonds is 4. The molecule has 3 atom stereocenters. The Morgan fingerprint density at radius 3 is 2.68 bits per heavy atom. The molecule has 1 amide bonds. The highest BCUT2D eigenvalue weighted by atomic mass is 19.1. The molecule has 0 radical (unpaired) electrons. The molecule has 1 heterocycles. The fourth-order valence-electron chi connectivity index (χ4n) is 6.41. The van der Waals surface area contributed by atoms with Crippen molar-refractivity contribution < 1.29 is 13.9 Å². The van der Waals surface area contributed by atoms with Gasteiger partial charge in [-0.05, 0) is 59.8 Å². The molecule has 3 aliphatic rings. The Balaban J connectivity index is 1.74. The Kier molecular flexibility index (Phi) is 6.45. The number of amides is 1. The number of hydrogen-bond acceptors (Lipinski definition) is 6. The van der Waals surface area contributed by atoms with Crippen LogP contribution in [0.5, 0.6) is 0 Å². The first-order valence-electron chi connectivity index (χ1n) is 11.5. The van der Waals surface area contributed by atoms with E-state index in [1.54, 1.807) is 19.2 Å². The van der Waals surface area contributed by atoms with Crippen LogP contribution in [0.25, 0.3) is 0 Å². The fourth-order valence-corrected chi connectivity index (χ4v) is 6.41. The normalized spacial score (nSPS) is 30.0. The third-order valence-electron chi connectivity index (χ3n) is 7.52. The van der Waals surface area contributed by atoms with Gasteiger partial charge in [-0.3, -0.25) is 20.1 Å². The lowest BCUT2D eigenvalue weighted by molar-refractivity contribution is -0.135. The predicted octanol–water partition coefficient (Wildman–Crippen LogP) is 2.80. The summed E-state index contributed by atoms with van der Waals surface area (Å²) in [7, 11) is 1.73. The van der Waals surface area contributed by atoms with Crippen LogP contribution in [0.3, 0.4) is 0 Å². The molecule has 0 bridgehead atoms. The second-order valence-corrected chi connectivity index (χ2v) is 9.87. The van der Waals surface area contributed by atoms with Crippen molar-refractivity contribution in [3.63, 3.8) is 0 Å². The van der Waals surface area contributed by atoms with E-state index in [-0.39, 0.29) is 42.4 Å². The van der Waals surface area contributed by atoms with Crippen molar-refractivity contribution in [2.24, 2.45) is 28.0 Å². The molecule has 0 saturated heterocycles. The number of nitrogens with two attached hydrogens (primary N) is 1. The lowest BCUT2D eigenvalue weighted by Gasteiger charge is -2.48. The highest BCUT2D eigenvalue weighted by molar-refractivity contribution is 6.03. The number of fused-ring (bicyclic) bond motifs is 1. The summed E-state index contributed by atoms with van der Waals surface area (Å²) in [5.74, 6) is -0.816. The number of aliphatic imine (C=N–C) groups is 1. The Hall–Kier alpha value is -3.25. The largest absolute Gasteiger partial charge is 0.381 e. The van der Waals surface area contributed by atoms with Gasteiger partial charge in [0.05, 0.1) is 36.7 Å². The Morgan fingerprint density at radius 1 is 1.41 bits per heavy atom. The number of benzene rings is 1. The van der Waals surface area contributed by atoms with Crippen LogP contribution in [0.15, 0.2) is 35.2 Å². The van der Waals surface area contributed by atoms with Crippen molar-refractivity contribution in [2.75, 3.05) is 20.2 Å². The SMILES string of the molecule is COC1C(C)CC2(Cc3ccc(C#N)cc3C2C(=O)N(CC2=NCC(F)=CN2)C(=N)N)CC1C. The van der Waals surface area contributed by atoms with E-state index in [2.05, 4.69) is 30.2 Å². The van der Waals surface area contributed by atoms with E-state index in [1.807, 2.05) is 6.07 Å². The van der Waals surface area contributed by atoms with Crippen molar-refractivity contribution in [1.82, 2.24) is 10.2 Å². The smallest absolute Gasteiger partial charge is 0.237 e. The third kappa shape index (κ3) is 4.18. The minimum atomic E-state index is -0.557. The summed E-state index contributed by atoms with van der Waals surface area (Å²) in [5.41, 5.74) is 7.89. The fraction of sp³-hybridized carbons (Fsp3) is 0.520. The number of hydrogen-bond donors (Lipinski definition) is 3. The minimum Gasteiger partial charge on any atom is -0.381 e. The summed E-state index contributed by atoms with van der Waals surface area (Å²) in [5, 5.41) is 20.4. The third-order valence-corrected chi connectivity index (χ3v) is 7.52. The average Bonchev–Trinajstić information content (AvgIpc) is 3.09. The van der Waals surface area contributed by atoms with Gasteiger partial charge in [-0.15, -0.1) is 0 Å². The number of amidine groups is 1. The lowest BCUT2D eigenvalue weighted by Crippen LogP contribution is -2.52. The highest BCUT2D eigenvalue weighted by Crippen LogP contribution is 2.58. The molecule has 2 aliphatic carbocycles. The van der Waals surface area contributed by atoms with E-state index in [4.69, 9.17) is 15.9 Å². The zero-order valence-corrected chi connectivity index (χ0v) is 19.8. The first-order valence-corrected chi connectivity index (χ1v) is 11.5. The van der Waals surface area contributed by atoms with Gasteiger partial charge in [-0.25, -0.2) is 4.39 Å². The van der Waals surface area contributed by atoms with Gasteiger partial charge in [-0.1, -0.05) is 19.9 Å². The van der Waals surface area contributed by atoms with E-state index in [9.17, 15) is 14.4 Å². The number of nitriles is 1. The van der Waals surface area contributed by atoms with Crippen molar-refractivity contribution >= 4 is 17.7 Å². The lowest BCUT2D eigenvalue weighted by atomic mass is 9.59. The standard InChI is InChI=1S/C25H31FN6O2/c1-14-7-25(8-15(2)22(14)34-3)9-17-5-4-16(10-27)6-19(17)21(25)23(33)32(24(28)29)13-20-30-11-18(26)12-31-20/h4-6,11,14-15,21-22H,7-9,12-13H2,1-3H3,(H3,28,29)(H,30,31). The molecule has 1 fully saturated rings. The maximum absolute atomic E-state index is 14.1. The first-order chi connectivity index (χ1) is 16.2. The number of nitrogens with one attached hydrogen (secondary N) is 2. The molecule has 34 heavy (non-hydrogen) atoms. The molecule has 0 aromatic heterocycles. The molecule has 8 nitrogen and oxygen atoms in total. The van der Waals surface area contributed by atoms with Gasteiger partial charge in [0.15, 0.2) is 5.96 Å². The van der Waals surface area contributed by atoms with Gasteiger partial charge >= 0.3 is 0 Å². The molecule has 3 unspecified atom stereocenters. The van der Waals surface area contributed by atoms with Gasteiger partial charge in [0.25, 0.3) is 0 Å². The van der Waals surface area contributed by atoms with Crippen LogP contribution in [0.2, 0.25) is 0 Å². The molecule has 9 heteroatoms. The molecule has 4 N–H and O–H groups in total. The van der Waals surface area contributed by atoms with Gasteiger partial charge in [-0.2, -0.15) is 5.26 Å². The summed E-state index contributed by atoms with van der Waals surface area (Å²) in [6, 6.07) is 7.72. The summed E-state index contributed by atoms with van der Waals surface area (Å²) in [4.78, 5) is 19.5. The molecule has 180 valence electrons. The molecular formula is C25H31FN6O2. The van der Waals surface area contributed by atoms with Crippen molar-refractivity contribution in [3.05, 3.63) is 46.9 Å². The second kappa shape index (κ2) is 9.18. The molecule has 1 aliphatic heterocycles. The summed E-state index contributed by atoms with van der Waals surface area (Å²) in [6.07, 6.45) is 3.58. The maximum atomic E-state index is 14.1. The van der Waals surface area contributed by atoms with Gasteiger partial charge < -0.3 is 15.8 Å². The van der Waals surface area contributed by atoms with Gasteiger partial charge in [0.1, 0.15) is 11.7 Å². The van der Waals surface area contributed by atoms with Crippen LogP contribution in [-0.4, -0.2) is 48.9 Å². The number of halogens is 1. The van der Waals surface area contributed by atoms with Crippen molar-refractivity contribution in [1.29, 1.82) is 10.7 Å². The van der Waals surface area contributed by atoms with E-state index in [0.717, 1.165) is 24.0 Å². The number of carbonyl (C=O) groups is 1. The number of guanidine groups is 1. The monoisotopic (exact) mass is 466 g/mol. The summed E-state index contributed by atoms with van der Waals surface area (Å²) >= 11 is 0. The molecular weight excluding hydrogens is 435 g/mol. The number of nitrogens with zero attached hydrogens (tertiary/aromatic N) is 3. The predicted molar refractivity (Wildman–Crippen MR) is 127 cm³/mol. The van der Waals surface area contributed by atoms with Crippen molar-refractivity contribution in [2.45, 2.75) is 45.1 Å². The van der Waals surface area contributed by atoms with E-state index in [0.29, 0.717) is 17.8 Å². The Morgan fingerprint density at radius 2 is 2.12 bits per heavy atom. The topological polar surface area (TPSA) is 128 Å². The first kappa shape index (κ1) is 23.9. The van der Waals surface area contributed by atoms with Crippen LogP contribution in [0, 0.1) is 34.0 Å². The van der Waals surface area contributed by atoms with E-state index >= 15 is 0 Å². The molecule has 1 spiro atoms. The van der Waals surface area contributed by atoms with Crippen LogP contribution in [0.4, 0.5) is 4.39 Å². The molecule has 4 rings (SSSR count). The molecule has 1 aromatic rings. The van der Waals surface area contributed by atoms with E-state index < -0.39 is 17.7 Å². The van der Waals surface area contributed by atoms with Crippen LogP contribution < -0.4 is 11.1 Å². The van der Waals surface area contributed by atoms with Crippen LogP contribution in [0.1, 0.15) is 49.3 Å². The van der Waals surface area contributed by atoms with Crippen LogP contribution >= 0.6 is 0 Å². The molecule has 1 saturated carbocycles. The summed E-state index contributed by atoms with van der Waals surface area (Å²) < 4.78 is 19.1. The number of methoxy groups -OCH3 is 1. The van der Waals surface area contributed by atoms with Gasteiger partial charge in [0, 0.05) is 13.3 Å².